The van der Waals surface area contributed by atoms with Gasteiger partial charge in [0.1, 0.15) is 0 Å². The molecule has 1 N–H and O–H groups in total. The van der Waals surface area contributed by atoms with Gasteiger partial charge in [-0.2, -0.15) is 0 Å². The molecule has 1 heterocycles. The van der Waals surface area contributed by atoms with E-state index < -0.39 is 9.84 Å². The molecule has 0 amide bonds. The van der Waals surface area contributed by atoms with Crippen LogP contribution in [0.15, 0.2) is 23.1 Å². The second kappa shape index (κ2) is 5.18. The molecule has 1 aliphatic rings. The lowest BCUT2D eigenvalue weighted by Crippen LogP contribution is -2.30. The largest absolute Gasteiger partial charge is 0.388 e. The van der Waals surface area contributed by atoms with Gasteiger partial charge in [0.2, 0.25) is 0 Å². The lowest BCUT2D eigenvalue weighted by Gasteiger charge is -2.30. The molecule has 1 fully saturated rings. The van der Waals surface area contributed by atoms with Gasteiger partial charge in [-0.3, -0.25) is 0 Å². The topological polar surface area (TPSA) is 49.4 Å². The van der Waals surface area contributed by atoms with Crippen LogP contribution in [0.5, 0.6) is 0 Å². The smallest absolute Gasteiger partial charge is 0.177 e. The molecule has 18 heavy (non-hydrogen) atoms. The van der Waals surface area contributed by atoms with E-state index in [0.717, 1.165) is 37.3 Å². The highest BCUT2D eigenvalue weighted by molar-refractivity contribution is 7.90. The molecule has 0 atom stereocenters. The number of nitrogens with one attached hydrogen (secondary N) is 1. The Morgan fingerprint density at radius 2 is 1.83 bits per heavy atom. The average molecular weight is 268 g/mol. The summed E-state index contributed by atoms with van der Waals surface area (Å²) in [5.41, 5.74) is 1.78. The molecule has 1 aliphatic heterocycles. The maximum atomic E-state index is 11.8. The van der Waals surface area contributed by atoms with E-state index in [1.54, 1.807) is 6.07 Å². The maximum Gasteiger partial charge on any atom is 0.177 e. The fourth-order valence-corrected chi connectivity index (χ4v) is 3.25. The second-order valence-electron chi connectivity index (χ2n) is 4.75. The van der Waals surface area contributed by atoms with Gasteiger partial charge in [0.15, 0.2) is 9.84 Å². The van der Waals surface area contributed by atoms with Gasteiger partial charge in [-0.05, 0) is 37.5 Å². The summed E-state index contributed by atoms with van der Waals surface area (Å²) >= 11 is 0. The number of hydrogen-bond acceptors (Lipinski definition) is 4. The summed E-state index contributed by atoms with van der Waals surface area (Å²) in [5, 5.41) is 3.06. The molecular formula is C13H20N2O2S. The van der Waals surface area contributed by atoms with Gasteiger partial charge < -0.3 is 10.2 Å². The van der Waals surface area contributed by atoms with Crippen LogP contribution >= 0.6 is 0 Å². The summed E-state index contributed by atoms with van der Waals surface area (Å²) in [4.78, 5) is 2.61. The van der Waals surface area contributed by atoms with E-state index in [1.807, 2.05) is 19.2 Å². The summed E-state index contributed by atoms with van der Waals surface area (Å²) in [6.45, 7) is 1.88. The van der Waals surface area contributed by atoms with Crippen LogP contribution in [0.25, 0.3) is 0 Å². The Labute approximate surface area is 109 Å². The Hall–Kier alpha value is -1.23. The normalized spacial score (nSPS) is 16.7. The quantitative estimate of drug-likeness (QED) is 0.912. The van der Waals surface area contributed by atoms with Crippen molar-refractivity contribution in [2.75, 3.05) is 36.6 Å². The van der Waals surface area contributed by atoms with Crippen LogP contribution in [0.1, 0.15) is 19.3 Å². The first-order chi connectivity index (χ1) is 8.52. The van der Waals surface area contributed by atoms with Crippen molar-refractivity contribution in [1.82, 2.24) is 0 Å². The van der Waals surface area contributed by atoms with Crippen molar-refractivity contribution >= 4 is 21.2 Å². The van der Waals surface area contributed by atoms with Crippen LogP contribution in [0, 0.1) is 0 Å². The summed E-state index contributed by atoms with van der Waals surface area (Å²) in [7, 11) is -1.33. The zero-order valence-corrected chi connectivity index (χ0v) is 11.8. The number of nitrogens with zero attached hydrogens (tertiary/aromatic N) is 1. The van der Waals surface area contributed by atoms with E-state index in [0.29, 0.717) is 4.90 Å². The molecule has 1 aromatic carbocycles. The van der Waals surface area contributed by atoms with Crippen LogP contribution in [0.4, 0.5) is 11.4 Å². The fourth-order valence-electron chi connectivity index (χ4n) is 2.37. The predicted molar refractivity (Wildman–Crippen MR) is 75.2 cm³/mol. The molecule has 4 nitrogen and oxygen atoms in total. The SMILES string of the molecule is CNc1ccc(S(C)(=O)=O)c(N2CCCCC2)c1. The van der Waals surface area contributed by atoms with Gasteiger partial charge in [-0.1, -0.05) is 0 Å². The van der Waals surface area contributed by atoms with E-state index in [-0.39, 0.29) is 0 Å². The number of benzene rings is 1. The third-order valence-corrected chi connectivity index (χ3v) is 4.49. The standard InChI is InChI=1S/C13H20N2O2S/c1-14-11-6-7-13(18(2,16)17)12(10-11)15-8-4-3-5-9-15/h6-7,10,14H,3-5,8-9H2,1-2H3. The summed E-state index contributed by atoms with van der Waals surface area (Å²) < 4.78 is 23.7. The zero-order valence-electron chi connectivity index (χ0n) is 10.9. The molecule has 0 bridgehead atoms. The zero-order chi connectivity index (χ0) is 13.2. The van der Waals surface area contributed by atoms with Crippen molar-refractivity contribution in [2.45, 2.75) is 24.2 Å². The van der Waals surface area contributed by atoms with Crippen molar-refractivity contribution in [2.24, 2.45) is 0 Å². The molecule has 0 aromatic heterocycles. The molecule has 1 aromatic rings. The lowest BCUT2D eigenvalue weighted by molar-refractivity contribution is 0.572. The van der Waals surface area contributed by atoms with Gasteiger partial charge >= 0.3 is 0 Å². The number of piperidine rings is 1. The predicted octanol–water partition coefficient (Wildman–Crippen LogP) is 2.12. The van der Waals surface area contributed by atoms with E-state index in [4.69, 9.17) is 0 Å². The Morgan fingerprint density at radius 3 is 2.39 bits per heavy atom. The van der Waals surface area contributed by atoms with Gasteiger partial charge in [0.25, 0.3) is 0 Å². The molecule has 5 heteroatoms. The minimum Gasteiger partial charge on any atom is -0.388 e. The minimum atomic E-state index is -3.18. The Morgan fingerprint density at radius 1 is 1.17 bits per heavy atom. The van der Waals surface area contributed by atoms with Crippen LogP contribution in [0.2, 0.25) is 0 Å². The first-order valence-corrected chi connectivity index (χ1v) is 8.18. The van der Waals surface area contributed by atoms with Crippen LogP contribution in [-0.2, 0) is 9.84 Å². The molecule has 0 saturated carbocycles. The first kappa shape index (κ1) is 13.2. The fraction of sp³-hybridized carbons (Fsp3) is 0.538. The molecule has 2 rings (SSSR count). The van der Waals surface area contributed by atoms with Crippen molar-refractivity contribution < 1.29 is 8.42 Å². The Balaban J connectivity index is 2.46. The average Bonchev–Trinajstić information content (AvgIpc) is 2.38. The summed E-state index contributed by atoms with van der Waals surface area (Å²) in [5.74, 6) is 0. The van der Waals surface area contributed by atoms with E-state index >= 15 is 0 Å². The molecule has 100 valence electrons. The minimum absolute atomic E-state index is 0.434. The van der Waals surface area contributed by atoms with E-state index in [2.05, 4.69) is 10.2 Å². The molecular weight excluding hydrogens is 248 g/mol. The number of sulfone groups is 1. The van der Waals surface area contributed by atoms with Crippen LogP contribution in [-0.4, -0.2) is 34.8 Å². The molecule has 0 spiro atoms. The molecule has 0 aliphatic carbocycles. The maximum absolute atomic E-state index is 11.8. The second-order valence-corrected chi connectivity index (χ2v) is 6.74. The van der Waals surface area contributed by atoms with Crippen LogP contribution in [0.3, 0.4) is 0 Å². The Kier molecular flexibility index (Phi) is 3.80. The van der Waals surface area contributed by atoms with E-state index in [1.165, 1.54) is 12.7 Å². The molecule has 0 unspecified atom stereocenters. The third kappa shape index (κ3) is 2.77. The molecule has 0 radical (unpaired) electrons. The monoisotopic (exact) mass is 268 g/mol. The Bertz CT molecular complexity index is 520. The van der Waals surface area contributed by atoms with Crippen molar-refractivity contribution in [1.29, 1.82) is 0 Å². The number of rotatable bonds is 3. The molecule has 1 saturated heterocycles. The van der Waals surface area contributed by atoms with Crippen molar-refractivity contribution in [3.05, 3.63) is 18.2 Å². The number of anilines is 2. The first-order valence-electron chi connectivity index (χ1n) is 6.29. The number of hydrogen-bond donors (Lipinski definition) is 1. The van der Waals surface area contributed by atoms with E-state index in [9.17, 15) is 8.42 Å². The highest BCUT2D eigenvalue weighted by atomic mass is 32.2. The lowest BCUT2D eigenvalue weighted by atomic mass is 10.1. The van der Waals surface area contributed by atoms with Gasteiger partial charge in [-0.15, -0.1) is 0 Å². The summed E-state index contributed by atoms with van der Waals surface area (Å²) in [6.07, 6.45) is 4.77. The van der Waals surface area contributed by atoms with Crippen molar-refractivity contribution in [3.8, 4) is 0 Å². The van der Waals surface area contributed by atoms with Gasteiger partial charge in [0.05, 0.1) is 10.6 Å². The van der Waals surface area contributed by atoms with Crippen molar-refractivity contribution in [3.63, 3.8) is 0 Å². The van der Waals surface area contributed by atoms with Gasteiger partial charge in [0, 0.05) is 32.1 Å². The highest BCUT2D eigenvalue weighted by Gasteiger charge is 2.20. The summed E-state index contributed by atoms with van der Waals surface area (Å²) in [6, 6.07) is 5.44. The highest BCUT2D eigenvalue weighted by Crippen LogP contribution is 2.30. The third-order valence-electron chi connectivity index (χ3n) is 3.34. The van der Waals surface area contributed by atoms with Gasteiger partial charge in [-0.25, -0.2) is 8.42 Å². The van der Waals surface area contributed by atoms with Crippen LogP contribution < -0.4 is 10.2 Å².